The largest absolute Gasteiger partial charge is 0.508 e. The third kappa shape index (κ3) is 16.3. The highest BCUT2D eigenvalue weighted by Crippen LogP contribution is 2.41. The summed E-state index contributed by atoms with van der Waals surface area (Å²) in [6.45, 7) is 6.75. The van der Waals surface area contributed by atoms with Crippen LogP contribution in [0.15, 0.2) is 109 Å². The fraction of sp³-hybridized carbons (Fsp3) is 0.441. The number of carbonyl (C=O) groups is 4. The lowest BCUT2D eigenvalue weighted by Gasteiger charge is -2.35. The van der Waals surface area contributed by atoms with E-state index < -0.39 is 17.9 Å². The summed E-state index contributed by atoms with van der Waals surface area (Å²) < 4.78 is 36.9. The van der Waals surface area contributed by atoms with Crippen molar-refractivity contribution in [2.75, 3.05) is 79.2 Å². The third-order valence-corrected chi connectivity index (χ3v) is 16.1. The molecule has 7 rings (SSSR count). The molecule has 1 saturated carbocycles. The van der Waals surface area contributed by atoms with Crippen LogP contribution in [-0.4, -0.2) is 140 Å². The van der Waals surface area contributed by atoms with E-state index in [1.54, 1.807) is 55.2 Å². The quantitative estimate of drug-likeness (QED) is 0.0247. The van der Waals surface area contributed by atoms with E-state index in [4.69, 9.17) is 23.9 Å². The van der Waals surface area contributed by atoms with Crippen molar-refractivity contribution in [3.8, 4) is 11.5 Å². The number of phenols is 1. The van der Waals surface area contributed by atoms with Crippen LogP contribution in [0.2, 0.25) is 0 Å². The number of nitrogens with zero attached hydrogens (tertiary/aromatic N) is 3. The van der Waals surface area contributed by atoms with Crippen LogP contribution < -0.4 is 15.4 Å². The first kappa shape index (κ1) is 57.7. The number of hydrogen-bond acceptors (Lipinski definition) is 13. The number of ketones is 1. The van der Waals surface area contributed by atoms with E-state index in [0.29, 0.717) is 74.6 Å². The van der Waals surface area contributed by atoms with Gasteiger partial charge in [-0.3, -0.25) is 19.2 Å². The first-order chi connectivity index (χ1) is 36.9. The molecule has 2 fully saturated rings. The number of benzene rings is 4. The molecule has 3 amide bonds. The Balaban J connectivity index is 0.811. The summed E-state index contributed by atoms with van der Waals surface area (Å²) in [6, 6.07) is 29.4. The van der Waals surface area contributed by atoms with Crippen LogP contribution in [0.4, 0.5) is 4.39 Å². The fourth-order valence-corrected chi connectivity index (χ4v) is 11.6. The van der Waals surface area contributed by atoms with Crippen molar-refractivity contribution in [2.24, 2.45) is 5.92 Å². The number of aromatic nitrogens is 1. The minimum atomic E-state index is -0.676. The van der Waals surface area contributed by atoms with E-state index in [2.05, 4.69) is 29.7 Å². The zero-order valence-corrected chi connectivity index (χ0v) is 45.7. The maximum Gasteiger partial charge on any atom is 0.248 e. The number of ether oxygens (including phenoxy) is 4. The molecule has 2 aliphatic rings. The lowest BCUT2D eigenvalue weighted by Crippen LogP contribution is -2.55. The molecule has 0 spiro atoms. The lowest BCUT2D eigenvalue weighted by molar-refractivity contribution is -0.139. The molecular weight excluding hydrogens is 1010 g/mol. The second-order valence-corrected chi connectivity index (χ2v) is 21.4. The molecule has 76 heavy (non-hydrogen) atoms. The molecule has 1 saturated heterocycles. The van der Waals surface area contributed by atoms with Gasteiger partial charge in [0.05, 0.1) is 51.7 Å². The van der Waals surface area contributed by atoms with Crippen molar-refractivity contribution in [3.63, 3.8) is 0 Å². The number of carbonyl (C=O) groups excluding carboxylic acids is 4. The van der Waals surface area contributed by atoms with Crippen LogP contribution in [-0.2, 0) is 28.6 Å². The van der Waals surface area contributed by atoms with E-state index in [1.807, 2.05) is 59.5 Å². The molecule has 1 aromatic heterocycles. The van der Waals surface area contributed by atoms with Gasteiger partial charge in [0.1, 0.15) is 47.3 Å². The van der Waals surface area contributed by atoms with Crippen molar-refractivity contribution >= 4 is 57.7 Å². The zero-order valence-electron chi connectivity index (χ0n) is 44.0. The smallest absolute Gasteiger partial charge is 0.248 e. The van der Waals surface area contributed by atoms with Crippen molar-refractivity contribution in [1.82, 2.24) is 25.4 Å². The number of thioether (sulfide) groups is 1. The van der Waals surface area contributed by atoms with Crippen molar-refractivity contribution in [3.05, 3.63) is 147 Å². The van der Waals surface area contributed by atoms with Gasteiger partial charge in [-0.15, -0.1) is 11.3 Å². The van der Waals surface area contributed by atoms with Gasteiger partial charge in [-0.05, 0) is 122 Å². The number of aromatic hydroxyl groups is 1. The summed E-state index contributed by atoms with van der Waals surface area (Å²) >= 11 is 3.05. The van der Waals surface area contributed by atoms with E-state index in [1.165, 1.54) is 41.2 Å². The van der Waals surface area contributed by atoms with Crippen LogP contribution in [0, 0.1) is 11.7 Å². The minimum Gasteiger partial charge on any atom is -0.508 e. The highest BCUT2D eigenvalue weighted by atomic mass is 32.2. The summed E-state index contributed by atoms with van der Waals surface area (Å²) in [5.41, 5.74) is 6.04. The van der Waals surface area contributed by atoms with E-state index in [-0.39, 0.29) is 65.4 Å². The molecule has 0 bridgehead atoms. The number of likely N-dealkylation sites (tertiary alicyclic amines) is 1. The molecule has 5 aromatic rings. The molecule has 17 heteroatoms. The van der Waals surface area contributed by atoms with Crippen LogP contribution in [0.25, 0.3) is 11.1 Å². The van der Waals surface area contributed by atoms with Crippen molar-refractivity contribution in [1.29, 1.82) is 0 Å². The highest BCUT2D eigenvalue weighted by molar-refractivity contribution is 7.99. The van der Waals surface area contributed by atoms with Gasteiger partial charge >= 0.3 is 0 Å². The second-order valence-electron chi connectivity index (χ2n) is 19.1. The summed E-state index contributed by atoms with van der Waals surface area (Å²) in [7, 11) is 3.44. The summed E-state index contributed by atoms with van der Waals surface area (Å²) in [4.78, 5) is 62.3. The van der Waals surface area contributed by atoms with E-state index in [9.17, 15) is 28.7 Å². The number of nitrogens with one attached hydrogen (secondary N) is 2. The number of phenolic OH excluding ortho intramolecular Hbond substituents is 1. The van der Waals surface area contributed by atoms with Crippen LogP contribution in [0.5, 0.6) is 11.5 Å². The molecule has 4 atom stereocenters. The normalized spacial score (nSPS) is 16.9. The van der Waals surface area contributed by atoms with Crippen molar-refractivity contribution < 1.29 is 47.6 Å². The van der Waals surface area contributed by atoms with Gasteiger partial charge in [0.2, 0.25) is 23.5 Å². The first-order valence-electron chi connectivity index (χ1n) is 26.4. The Morgan fingerprint density at radius 2 is 1.47 bits per heavy atom. The van der Waals surface area contributed by atoms with E-state index >= 15 is 0 Å². The van der Waals surface area contributed by atoms with Gasteiger partial charge in [-0.2, -0.15) is 11.8 Å². The zero-order chi connectivity index (χ0) is 53.8. The molecule has 1 aliphatic carbocycles. The molecule has 3 N–H and O–H groups in total. The third-order valence-electron chi connectivity index (χ3n) is 14.0. The number of amides is 3. The fourth-order valence-electron chi connectivity index (χ4n) is 9.56. The Morgan fingerprint density at radius 1 is 0.829 bits per heavy atom. The minimum absolute atomic E-state index is 0.0195. The molecule has 2 heterocycles. The average Bonchev–Trinajstić information content (AvgIpc) is 4.12. The van der Waals surface area contributed by atoms with Crippen LogP contribution in [0.3, 0.4) is 0 Å². The van der Waals surface area contributed by atoms with Crippen LogP contribution in [0.1, 0.15) is 103 Å². The number of thiazole rings is 1. The van der Waals surface area contributed by atoms with Gasteiger partial charge < -0.3 is 44.5 Å². The number of halogens is 1. The average molecular weight is 1080 g/mol. The molecule has 406 valence electrons. The maximum atomic E-state index is 14.7. The topological polar surface area (TPSA) is 169 Å². The number of allylic oxidation sites excluding steroid dienone is 1. The Morgan fingerprint density at radius 3 is 2.14 bits per heavy atom. The lowest BCUT2D eigenvalue weighted by atomic mass is 9.83. The number of hydrogen-bond donors (Lipinski definition) is 3. The van der Waals surface area contributed by atoms with Crippen LogP contribution >= 0.6 is 23.1 Å². The summed E-state index contributed by atoms with van der Waals surface area (Å²) in [5.74, 6) is 0.343. The van der Waals surface area contributed by atoms with Gasteiger partial charge in [-0.1, -0.05) is 80.8 Å². The standard InChI is InChI=1S/C59H72FN5O9S2/c1-5-50(41-12-8-6-9-13-41)54(42-18-24-47(66)25-19-42)43-20-26-48(27-21-43)74-29-28-64(4)53(67)38-73-33-32-71-30-31-72-34-35-75-49-36-52(58-62-51(39-76-58)56(68)45-16-22-46(60)23-17-45)65(37-49)59(70)55(44-14-10-7-11-15-44)63-57(69)40(2)61-3/h6,8-9,12-13,16-27,39-40,44,49,52,55,61,66H,5,7,10-11,14-15,28-38H2,1-4H3,(H,63,69)/b54-50-/t40-,49-,52-,55-/m0/s1. The monoisotopic (exact) mass is 1080 g/mol. The first-order valence-corrected chi connectivity index (χ1v) is 28.3. The molecular formula is C59H72FN5O9S2. The summed E-state index contributed by atoms with van der Waals surface area (Å²) in [6.07, 6.45) is 6.27. The van der Waals surface area contributed by atoms with Gasteiger partial charge in [0, 0.05) is 35.5 Å². The van der Waals surface area contributed by atoms with E-state index in [0.717, 1.165) is 60.8 Å². The second kappa shape index (κ2) is 29.5. The van der Waals surface area contributed by atoms with Gasteiger partial charge in [0.25, 0.3) is 0 Å². The molecule has 0 radical (unpaired) electrons. The molecule has 1 aliphatic heterocycles. The van der Waals surface area contributed by atoms with Gasteiger partial charge in [-0.25, -0.2) is 9.37 Å². The molecule has 4 aromatic carbocycles. The Hall–Kier alpha value is -5.95. The predicted octanol–water partition coefficient (Wildman–Crippen LogP) is 9.22. The highest BCUT2D eigenvalue weighted by Gasteiger charge is 2.43. The molecule has 14 nitrogen and oxygen atoms in total. The SMILES string of the molecule is CC/C(=C(\c1ccc(O)cc1)c1ccc(OCCN(C)C(=O)COCCOCCOCCS[C@H]2C[C@@H](c3nc(C(=O)c4ccc(F)cc4)cs3)N(C(=O)[C@@H](NC(=O)[C@H](C)NC)C3CCCCC3)C2)cc1)c1ccccc1. The number of likely N-dealkylation sites (N-methyl/N-ethyl adjacent to an activating group) is 2. The Kier molecular flexibility index (Phi) is 22.4. The Bertz CT molecular complexity index is 2670. The van der Waals surface area contributed by atoms with Crippen molar-refractivity contribution in [2.45, 2.75) is 82.2 Å². The molecule has 0 unspecified atom stereocenters. The Labute approximate surface area is 454 Å². The summed E-state index contributed by atoms with van der Waals surface area (Å²) in [5, 5.41) is 18.5. The predicted molar refractivity (Wildman–Crippen MR) is 297 cm³/mol. The number of rotatable bonds is 28. The maximum absolute atomic E-state index is 14.7. The van der Waals surface area contributed by atoms with Gasteiger partial charge in [0.15, 0.2) is 0 Å².